The van der Waals surface area contributed by atoms with Crippen molar-refractivity contribution in [2.45, 2.75) is 90.4 Å². The molecule has 26 heavy (non-hydrogen) atoms. The van der Waals surface area contributed by atoms with Gasteiger partial charge in [0.2, 0.25) is 0 Å². The van der Waals surface area contributed by atoms with Crippen LogP contribution in [0.25, 0.3) is 0 Å². The second-order valence-electron chi connectivity index (χ2n) is 6.73. The molecule has 1 rings (SSSR count). The van der Waals surface area contributed by atoms with Gasteiger partial charge < -0.3 is 18.9 Å². The summed E-state index contributed by atoms with van der Waals surface area (Å²) in [6.45, 7) is 5.25. The quantitative estimate of drug-likeness (QED) is 0.296. The van der Waals surface area contributed by atoms with Crippen molar-refractivity contribution in [2.24, 2.45) is 0 Å². The molecule has 0 aliphatic carbocycles. The first kappa shape index (κ1) is 22.4. The minimum absolute atomic E-state index is 0.205. The average molecular weight is 372 g/mol. The van der Waals surface area contributed by atoms with Crippen LogP contribution in [0.2, 0.25) is 0 Å². The maximum atomic E-state index is 11.4. The second-order valence-corrected chi connectivity index (χ2v) is 6.73. The van der Waals surface area contributed by atoms with Crippen LogP contribution < -0.4 is 0 Å². The maximum absolute atomic E-state index is 11.4. The summed E-state index contributed by atoms with van der Waals surface area (Å²) in [5.41, 5.74) is 0. The van der Waals surface area contributed by atoms with E-state index in [2.05, 4.69) is 0 Å². The number of hydrogen-bond donors (Lipinski definition) is 0. The number of carbonyl (C=O) groups excluding carboxylic acids is 3. The largest absolute Gasteiger partial charge is 0.466 e. The van der Waals surface area contributed by atoms with Crippen LogP contribution in [0.15, 0.2) is 0 Å². The van der Waals surface area contributed by atoms with Crippen molar-refractivity contribution in [1.29, 1.82) is 0 Å². The van der Waals surface area contributed by atoms with Crippen molar-refractivity contribution in [3.8, 4) is 0 Å². The van der Waals surface area contributed by atoms with E-state index in [0.717, 1.165) is 32.3 Å². The van der Waals surface area contributed by atoms with Gasteiger partial charge in [-0.25, -0.2) is 0 Å². The topological polar surface area (TPSA) is 88.1 Å². The number of hydrogen-bond acceptors (Lipinski definition) is 7. The van der Waals surface area contributed by atoms with Crippen LogP contribution in [-0.2, 0) is 33.3 Å². The van der Waals surface area contributed by atoms with E-state index in [1.54, 1.807) is 0 Å². The van der Waals surface area contributed by atoms with E-state index in [1.807, 2.05) is 0 Å². The molecule has 0 saturated carbocycles. The monoisotopic (exact) mass is 372 g/mol. The standard InChI is InChI=1S/C19H32O7/c1-14(20)23-12-5-7-18(25-15(2)21)10-11-19(26-16(3)22)9-8-17-6-4-13-24-17/h17-19H,4-13H2,1-3H3/t17-,18-,19-/m0/s1. The zero-order valence-corrected chi connectivity index (χ0v) is 16.2. The Balaban J connectivity index is 2.42. The lowest BCUT2D eigenvalue weighted by Crippen LogP contribution is -2.23. The molecule has 1 aliphatic heterocycles. The highest BCUT2D eigenvalue weighted by atomic mass is 16.6. The summed E-state index contributed by atoms with van der Waals surface area (Å²) in [6, 6.07) is 0. The minimum Gasteiger partial charge on any atom is -0.466 e. The van der Waals surface area contributed by atoms with E-state index in [1.165, 1.54) is 20.8 Å². The summed E-state index contributed by atoms with van der Waals surface area (Å²) in [5, 5.41) is 0. The molecule has 1 aliphatic rings. The molecule has 3 atom stereocenters. The molecule has 150 valence electrons. The molecule has 0 aromatic rings. The molecule has 0 spiro atoms. The van der Waals surface area contributed by atoms with Crippen LogP contribution in [0, 0.1) is 0 Å². The van der Waals surface area contributed by atoms with Crippen molar-refractivity contribution in [3.05, 3.63) is 0 Å². The van der Waals surface area contributed by atoms with Gasteiger partial charge in [-0.1, -0.05) is 0 Å². The number of rotatable bonds is 12. The van der Waals surface area contributed by atoms with Gasteiger partial charge in [-0.2, -0.15) is 0 Å². The Hall–Kier alpha value is -1.63. The van der Waals surface area contributed by atoms with Crippen LogP contribution >= 0.6 is 0 Å². The van der Waals surface area contributed by atoms with Gasteiger partial charge in [0.1, 0.15) is 12.2 Å². The Labute approximate surface area is 155 Å². The first-order valence-electron chi connectivity index (χ1n) is 9.46. The first-order chi connectivity index (χ1) is 12.4. The number of ether oxygens (including phenoxy) is 4. The molecule has 1 saturated heterocycles. The Kier molecular flexibility index (Phi) is 10.9. The fourth-order valence-corrected chi connectivity index (χ4v) is 3.14. The van der Waals surface area contributed by atoms with E-state index in [9.17, 15) is 14.4 Å². The molecular formula is C19H32O7. The third-order valence-corrected chi connectivity index (χ3v) is 4.29. The van der Waals surface area contributed by atoms with E-state index in [4.69, 9.17) is 18.9 Å². The van der Waals surface area contributed by atoms with Gasteiger partial charge in [-0.05, 0) is 51.4 Å². The predicted octanol–water partition coefficient (Wildman–Crippen LogP) is 2.93. The van der Waals surface area contributed by atoms with Gasteiger partial charge in [-0.3, -0.25) is 14.4 Å². The molecule has 0 N–H and O–H groups in total. The lowest BCUT2D eigenvalue weighted by Gasteiger charge is -2.22. The molecular weight excluding hydrogens is 340 g/mol. The zero-order valence-electron chi connectivity index (χ0n) is 16.2. The van der Waals surface area contributed by atoms with Crippen LogP contribution in [0.5, 0.6) is 0 Å². The van der Waals surface area contributed by atoms with Crippen LogP contribution in [0.3, 0.4) is 0 Å². The lowest BCUT2D eigenvalue weighted by atomic mass is 10.0. The number of esters is 3. The van der Waals surface area contributed by atoms with E-state index in [0.29, 0.717) is 32.3 Å². The van der Waals surface area contributed by atoms with Gasteiger partial charge >= 0.3 is 17.9 Å². The van der Waals surface area contributed by atoms with Crippen molar-refractivity contribution < 1.29 is 33.3 Å². The summed E-state index contributed by atoms with van der Waals surface area (Å²) in [5.74, 6) is -0.967. The normalized spacial score (nSPS) is 18.8. The highest BCUT2D eigenvalue weighted by Gasteiger charge is 2.21. The van der Waals surface area contributed by atoms with Gasteiger partial charge in [-0.15, -0.1) is 0 Å². The molecule has 0 aromatic carbocycles. The molecule has 0 unspecified atom stereocenters. The Morgan fingerprint density at radius 2 is 1.54 bits per heavy atom. The predicted molar refractivity (Wildman–Crippen MR) is 94.4 cm³/mol. The molecule has 0 aromatic heterocycles. The Morgan fingerprint density at radius 1 is 0.923 bits per heavy atom. The molecule has 1 fully saturated rings. The van der Waals surface area contributed by atoms with E-state index < -0.39 is 0 Å². The highest BCUT2D eigenvalue weighted by Crippen LogP contribution is 2.22. The van der Waals surface area contributed by atoms with Gasteiger partial charge in [0.15, 0.2) is 0 Å². The van der Waals surface area contributed by atoms with Gasteiger partial charge in [0, 0.05) is 27.4 Å². The van der Waals surface area contributed by atoms with Crippen LogP contribution in [-0.4, -0.2) is 49.4 Å². The fourth-order valence-electron chi connectivity index (χ4n) is 3.14. The minimum atomic E-state index is -0.342. The molecule has 1 heterocycles. The van der Waals surface area contributed by atoms with Crippen LogP contribution in [0.1, 0.15) is 72.1 Å². The Bertz CT molecular complexity index is 443. The molecule has 7 heteroatoms. The summed E-state index contributed by atoms with van der Waals surface area (Å²) < 4.78 is 21.3. The number of carbonyl (C=O) groups is 3. The highest BCUT2D eigenvalue weighted by molar-refractivity contribution is 5.66. The molecule has 0 amide bonds. The lowest BCUT2D eigenvalue weighted by molar-refractivity contribution is -0.151. The van der Waals surface area contributed by atoms with E-state index >= 15 is 0 Å². The average Bonchev–Trinajstić information content (AvgIpc) is 3.06. The van der Waals surface area contributed by atoms with Crippen molar-refractivity contribution in [2.75, 3.05) is 13.2 Å². The smallest absolute Gasteiger partial charge is 0.302 e. The molecule has 7 nitrogen and oxygen atoms in total. The van der Waals surface area contributed by atoms with Crippen LogP contribution in [0.4, 0.5) is 0 Å². The van der Waals surface area contributed by atoms with Crippen molar-refractivity contribution in [1.82, 2.24) is 0 Å². The summed E-state index contributed by atoms with van der Waals surface area (Å²) >= 11 is 0. The van der Waals surface area contributed by atoms with Gasteiger partial charge in [0.05, 0.1) is 12.7 Å². The maximum Gasteiger partial charge on any atom is 0.302 e. The SMILES string of the molecule is CC(=O)OCCC[C@@H](CC[C@H](CC[C@@H]1CCCO1)OC(C)=O)OC(C)=O. The first-order valence-corrected chi connectivity index (χ1v) is 9.46. The zero-order chi connectivity index (χ0) is 19.4. The third kappa shape index (κ3) is 11.1. The van der Waals surface area contributed by atoms with Crippen molar-refractivity contribution >= 4 is 17.9 Å². The second kappa shape index (κ2) is 12.7. The molecule has 0 radical (unpaired) electrons. The molecule has 0 bridgehead atoms. The summed E-state index contributed by atoms with van der Waals surface area (Å²) in [4.78, 5) is 33.5. The fraction of sp³-hybridized carbons (Fsp3) is 0.842. The van der Waals surface area contributed by atoms with Crippen molar-refractivity contribution in [3.63, 3.8) is 0 Å². The van der Waals surface area contributed by atoms with Gasteiger partial charge in [0.25, 0.3) is 0 Å². The Morgan fingerprint density at radius 3 is 2.04 bits per heavy atom. The summed E-state index contributed by atoms with van der Waals surface area (Å²) in [7, 11) is 0. The van der Waals surface area contributed by atoms with E-state index in [-0.39, 0.29) is 36.2 Å². The summed E-state index contributed by atoms with van der Waals surface area (Å²) in [6.07, 6.45) is 5.96. The third-order valence-electron chi connectivity index (χ3n) is 4.29.